The van der Waals surface area contributed by atoms with E-state index in [1.165, 1.54) is 5.56 Å². The Morgan fingerprint density at radius 1 is 1.35 bits per heavy atom. The minimum Gasteiger partial charge on any atom is -0.409 e. The van der Waals surface area contributed by atoms with E-state index in [1.807, 2.05) is 26.0 Å². The van der Waals surface area contributed by atoms with Gasteiger partial charge in [0, 0.05) is 11.4 Å². The van der Waals surface area contributed by atoms with Gasteiger partial charge in [0.15, 0.2) is 11.7 Å². The van der Waals surface area contributed by atoms with Gasteiger partial charge in [-0.2, -0.15) is 5.10 Å². The average Bonchev–Trinajstić information content (AvgIpc) is 3.01. The summed E-state index contributed by atoms with van der Waals surface area (Å²) < 4.78 is 1.75. The van der Waals surface area contributed by atoms with Crippen molar-refractivity contribution in [3.8, 4) is 5.82 Å². The van der Waals surface area contributed by atoms with E-state index >= 15 is 0 Å². The maximum atomic E-state index is 8.99. The molecule has 0 atom stereocenters. The summed E-state index contributed by atoms with van der Waals surface area (Å²) in [5.41, 5.74) is 10.6. The van der Waals surface area contributed by atoms with Gasteiger partial charge in [-0.05, 0) is 50.8 Å². The summed E-state index contributed by atoms with van der Waals surface area (Å²) in [6.45, 7) is 3.89. The molecule has 6 nitrogen and oxygen atoms in total. The van der Waals surface area contributed by atoms with Gasteiger partial charge in [0.05, 0.1) is 11.3 Å². The number of pyridine rings is 1. The largest absolute Gasteiger partial charge is 0.409 e. The molecule has 0 aromatic carbocycles. The third-order valence-corrected chi connectivity index (χ3v) is 3.62. The van der Waals surface area contributed by atoms with Crippen LogP contribution in [-0.2, 0) is 12.8 Å². The highest BCUT2D eigenvalue weighted by Crippen LogP contribution is 2.25. The van der Waals surface area contributed by atoms with Crippen LogP contribution in [0.5, 0.6) is 0 Å². The third kappa shape index (κ3) is 1.93. The van der Waals surface area contributed by atoms with E-state index in [2.05, 4.69) is 10.3 Å². The second kappa shape index (κ2) is 4.63. The van der Waals surface area contributed by atoms with Gasteiger partial charge in [-0.3, -0.25) is 0 Å². The molecular weight excluding hydrogens is 254 g/mol. The molecule has 3 rings (SSSR count). The lowest BCUT2D eigenvalue weighted by molar-refractivity contribution is 0.318. The Bertz CT molecular complexity index is 702. The van der Waals surface area contributed by atoms with Crippen LogP contribution in [0.4, 0.5) is 0 Å². The smallest absolute Gasteiger partial charge is 0.173 e. The van der Waals surface area contributed by atoms with Gasteiger partial charge < -0.3 is 10.9 Å². The molecule has 0 radical (unpaired) electrons. The number of hydrogen-bond acceptors (Lipinski definition) is 4. The first-order valence-electron chi connectivity index (χ1n) is 6.64. The van der Waals surface area contributed by atoms with Crippen LogP contribution < -0.4 is 5.73 Å². The Morgan fingerprint density at radius 2 is 2.15 bits per heavy atom. The van der Waals surface area contributed by atoms with Gasteiger partial charge >= 0.3 is 0 Å². The highest BCUT2D eigenvalue weighted by molar-refractivity contribution is 6.00. The number of nitrogens with two attached hydrogens (primary N) is 1. The topological polar surface area (TPSA) is 89.3 Å². The molecule has 0 amide bonds. The van der Waals surface area contributed by atoms with Gasteiger partial charge in [0.25, 0.3) is 0 Å². The minimum absolute atomic E-state index is 0.0646. The molecule has 104 valence electrons. The quantitative estimate of drug-likeness (QED) is 0.374. The predicted octanol–water partition coefficient (Wildman–Crippen LogP) is 1.47. The van der Waals surface area contributed by atoms with Crippen LogP contribution in [0, 0.1) is 13.8 Å². The molecule has 1 aliphatic carbocycles. The number of amidine groups is 1. The Hall–Kier alpha value is -2.37. The lowest BCUT2D eigenvalue weighted by Crippen LogP contribution is -2.19. The van der Waals surface area contributed by atoms with Crippen molar-refractivity contribution in [2.75, 3.05) is 0 Å². The Labute approximate surface area is 116 Å². The molecule has 2 aromatic heterocycles. The molecule has 20 heavy (non-hydrogen) atoms. The van der Waals surface area contributed by atoms with E-state index in [9.17, 15) is 0 Å². The first-order valence-corrected chi connectivity index (χ1v) is 6.64. The van der Waals surface area contributed by atoms with E-state index in [0.717, 1.165) is 36.3 Å². The molecule has 0 spiro atoms. The SMILES string of the molecule is Cc1cc(C)n(-c2nc3c(cc2C(N)=NO)CCC3)n1. The standard InChI is InChI=1S/C14H17N5O/c1-8-6-9(2)19(17-8)14-11(13(15)18-20)7-10-4-3-5-12(10)16-14/h6-7,20H,3-5H2,1-2H3,(H2,15,18). The first-order chi connectivity index (χ1) is 9.60. The molecule has 0 saturated carbocycles. The number of fused-ring (bicyclic) bond motifs is 1. The molecule has 0 unspecified atom stereocenters. The van der Waals surface area contributed by atoms with Crippen LogP contribution in [0.3, 0.4) is 0 Å². The number of aromatic nitrogens is 3. The van der Waals surface area contributed by atoms with E-state index in [1.54, 1.807) is 4.68 Å². The van der Waals surface area contributed by atoms with Crippen molar-refractivity contribution >= 4 is 5.84 Å². The Morgan fingerprint density at radius 3 is 2.80 bits per heavy atom. The van der Waals surface area contributed by atoms with Crippen LogP contribution in [0.2, 0.25) is 0 Å². The zero-order chi connectivity index (χ0) is 14.3. The van der Waals surface area contributed by atoms with Crippen LogP contribution in [0.1, 0.15) is 34.6 Å². The summed E-state index contributed by atoms with van der Waals surface area (Å²) >= 11 is 0. The molecule has 0 aliphatic heterocycles. The number of hydrogen-bond donors (Lipinski definition) is 2. The maximum Gasteiger partial charge on any atom is 0.173 e. The number of nitrogens with zero attached hydrogens (tertiary/aromatic N) is 4. The van der Waals surface area contributed by atoms with Gasteiger partial charge in [0.1, 0.15) is 0 Å². The Kier molecular flexibility index (Phi) is 2.93. The number of rotatable bonds is 2. The van der Waals surface area contributed by atoms with Crippen molar-refractivity contribution in [1.29, 1.82) is 0 Å². The molecular formula is C14H17N5O. The van der Waals surface area contributed by atoms with Gasteiger partial charge in [-0.25, -0.2) is 9.67 Å². The summed E-state index contributed by atoms with van der Waals surface area (Å²) in [5, 5.41) is 16.6. The van der Waals surface area contributed by atoms with Crippen molar-refractivity contribution in [3.63, 3.8) is 0 Å². The van der Waals surface area contributed by atoms with Crippen molar-refractivity contribution in [1.82, 2.24) is 14.8 Å². The number of aryl methyl sites for hydroxylation is 4. The van der Waals surface area contributed by atoms with Gasteiger partial charge in [-0.1, -0.05) is 5.16 Å². The van der Waals surface area contributed by atoms with Gasteiger partial charge in [0.2, 0.25) is 0 Å². The van der Waals surface area contributed by atoms with Crippen molar-refractivity contribution in [2.45, 2.75) is 33.1 Å². The predicted molar refractivity (Wildman–Crippen MR) is 75.4 cm³/mol. The number of oxime groups is 1. The summed E-state index contributed by atoms with van der Waals surface area (Å²) in [5.74, 6) is 0.696. The molecule has 0 fully saturated rings. The lowest BCUT2D eigenvalue weighted by atomic mass is 10.1. The normalized spacial score (nSPS) is 14.6. The highest BCUT2D eigenvalue weighted by Gasteiger charge is 2.20. The van der Waals surface area contributed by atoms with Crippen molar-refractivity contribution in [2.24, 2.45) is 10.9 Å². The van der Waals surface area contributed by atoms with Crippen molar-refractivity contribution in [3.05, 3.63) is 40.3 Å². The molecule has 2 heterocycles. The van der Waals surface area contributed by atoms with Crippen molar-refractivity contribution < 1.29 is 5.21 Å². The van der Waals surface area contributed by atoms with E-state index < -0.39 is 0 Å². The molecule has 0 saturated heterocycles. The van der Waals surface area contributed by atoms with E-state index in [4.69, 9.17) is 15.9 Å². The lowest BCUT2D eigenvalue weighted by Gasteiger charge is -2.12. The second-order valence-corrected chi connectivity index (χ2v) is 5.14. The Balaban J connectivity index is 2.25. The van der Waals surface area contributed by atoms with Crippen LogP contribution in [0.25, 0.3) is 5.82 Å². The summed E-state index contributed by atoms with van der Waals surface area (Å²) in [6.07, 6.45) is 3.06. The minimum atomic E-state index is 0.0646. The zero-order valence-electron chi connectivity index (χ0n) is 11.6. The molecule has 2 aromatic rings. The van der Waals surface area contributed by atoms with Crippen LogP contribution >= 0.6 is 0 Å². The van der Waals surface area contributed by atoms with Crippen LogP contribution in [-0.4, -0.2) is 25.8 Å². The third-order valence-electron chi connectivity index (χ3n) is 3.62. The molecule has 3 N–H and O–H groups in total. The van der Waals surface area contributed by atoms with E-state index in [0.29, 0.717) is 11.4 Å². The fourth-order valence-electron chi connectivity index (χ4n) is 2.71. The monoisotopic (exact) mass is 271 g/mol. The fourth-order valence-corrected chi connectivity index (χ4v) is 2.71. The second-order valence-electron chi connectivity index (χ2n) is 5.14. The highest BCUT2D eigenvalue weighted by atomic mass is 16.4. The fraction of sp³-hybridized carbons (Fsp3) is 0.357. The molecule has 6 heteroatoms. The molecule has 1 aliphatic rings. The summed E-state index contributed by atoms with van der Waals surface area (Å²) in [4.78, 5) is 4.70. The maximum absolute atomic E-state index is 8.99. The zero-order valence-corrected chi connectivity index (χ0v) is 11.6. The summed E-state index contributed by atoms with van der Waals surface area (Å²) in [6, 6.07) is 3.95. The first kappa shape index (κ1) is 12.7. The van der Waals surface area contributed by atoms with Crippen LogP contribution in [0.15, 0.2) is 17.3 Å². The average molecular weight is 271 g/mol. The molecule has 0 bridgehead atoms. The van der Waals surface area contributed by atoms with E-state index in [-0.39, 0.29) is 5.84 Å². The summed E-state index contributed by atoms with van der Waals surface area (Å²) in [7, 11) is 0. The van der Waals surface area contributed by atoms with Gasteiger partial charge in [-0.15, -0.1) is 0 Å².